The van der Waals surface area contributed by atoms with Gasteiger partial charge in [0.1, 0.15) is 6.04 Å². The van der Waals surface area contributed by atoms with E-state index in [1.165, 1.54) is 0 Å². The van der Waals surface area contributed by atoms with Gasteiger partial charge in [0, 0.05) is 23.6 Å². The molecule has 0 radical (unpaired) electrons. The number of nitrogens with zero attached hydrogens (tertiary/aromatic N) is 1. The van der Waals surface area contributed by atoms with E-state index in [1.54, 1.807) is 17.8 Å². The molecule has 0 spiro atoms. The minimum atomic E-state index is -0.514. The van der Waals surface area contributed by atoms with E-state index in [1.807, 2.05) is 24.5 Å². The zero-order valence-electron chi connectivity index (χ0n) is 16.3. The molecule has 2 amide bonds. The quantitative estimate of drug-likeness (QED) is 0.600. The monoisotopic (exact) mass is 455 g/mol. The lowest BCUT2D eigenvalue weighted by Gasteiger charge is -2.22. The van der Waals surface area contributed by atoms with Crippen molar-refractivity contribution in [3.05, 3.63) is 34.3 Å². The molecule has 1 fully saturated rings. The summed E-state index contributed by atoms with van der Waals surface area (Å²) in [5, 5.41) is 5.97. The predicted molar refractivity (Wildman–Crippen MR) is 116 cm³/mol. The van der Waals surface area contributed by atoms with Crippen molar-refractivity contribution in [3.8, 4) is 0 Å². The van der Waals surface area contributed by atoms with Gasteiger partial charge in [0.25, 0.3) is 5.91 Å². The smallest absolute Gasteiger partial charge is 0.253 e. The van der Waals surface area contributed by atoms with Crippen LogP contribution in [0.1, 0.15) is 37.0 Å². The van der Waals surface area contributed by atoms with Gasteiger partial charge in [-0.25, -0.2) is 0 Å². The summed E-state index contributed by atoms with van der Waals surface area (Å²) < 4.78 is 0.728. The fourth-order valence-electron chi connectivity index (χ4n) is 3.25. The standard InChI is InChI=1S/C20H30BrN3O2S/c1-14(2)24-10-8-15(13-24)12-22-20(26)18(9-11-27-3)23-19(25)16-6-4-5-7-17(16)21/h4-7,14-15,18H,8-13H2,1-3H3,(H,22,26)(H,23,25). The number of halogens is 1. The number of benzene rings is 1. The van der Waals surface area contributed by atoms with Gasteiger partial charge in [0.2, 0.25) is 5.91 Å². The highest BCUT2D eigenvalue weighted by Crippen LogP contribution is 2.18. The Labute approximate surface area is 175 Å². The Morgan fingerprint density at radius 1 is 1.33 bits per heavy atom. The highest BCUT2D eigenvalue weighted by molar-refractivity contribution is 9.10. The summed E-state index contributed by atoms with van der Waals surface area (Å²) in [6.07, 6.45) is 3.73. The Morgan fingerprint density at radius 2 is 2.07 bits per heavy atom. The van der Waals surface area contributed by atoms with Crippen LogP contribution in [0.15, 0.2) is 28.7 Å². The lowest BCUT2D eigenvalue weighted by molar-refractivity contribution is -0.123. The van der Waals surface area contributed by atoms with Gasteiger partial charge >= 0.3 is 0 Å². The molecule has 1 aliphatic rings. The lowest BCUT2D eigenvalue weighted by Crippen LogP contribution is -2.48. The first-order valence-electron chi connectivity index (χ1n) is 9.48. The molecule has 7 heteroatoms. The van der Waals surface area contributed by atoms with Gasteiger partial charge in [-0.15, -0.1) is 0 Å². The summed E-state index contributed by atoms with van der Waals surface area (Å²) >= 11 is 5.07. The van der Waals surface area contributed by atoms with Gasteiger partial charge in [-0.05, 0) is 79.2 Å². The van der Waals surface area contributed by atoms with Crippen LogP contribution in [-0.4, -0.2) is 60.4 Å². The molecule has 1 aromatic carbocycles. The van der Waals surface area contributed by atoms with E-state index in [0.717, 1.165) is 29.7 Å². The van der Waals surface area contributed by atoms with Crippen LogP contribution >= 0.6 is 27.7 Å². The second-order valence-corrected chi connectivity index (χ2v) is 9.12. The maximum Gasteiger partial charge on any atom is 0.253 e. The first-order chi connectivity index (χ1) is 12.9. The molecule has 2 unspecified atom stereocenters. The van der Waals surface area contributed by atoms with Crippen LogP contribution in [0.2, 0.25) is 0 Å². The van der Waals surface area contributed by atoms with E-state index in [9.17, 15) is 9.59 Å². The molecule has 5 nitrogen and oxygen atoms in total. The first-order valence-corrected chi connectivity index (χ1v) is 11.7. The predicted octanol–water partition coefficient (Wildman–Crippen LogP) is 3.15. The third-order valence-electron chi connectivity index (χ3n) is 4.96. The van der Waals surface area contributed by atoms with E-state index in [0.29, 0.717) is 30.5 Å². The Morgan fingerprint density at radius 3 is 2.70 bits per heavy atom. The minimum Gasteiger partial charge on any atom is -0.354 e. The fraction of sp³-hybridized carbons (Fsp3) is 0.600. The lowest BCUT2D eigenvalue weighted by atomic mass is 10.1. The summed E-state index contributed by atoms with van der Waals surface area (Å²) in [5.41, 5.74) is 0.544. The van der Waals surface area contributed by atoms with E-state index in [4.69, 9.17) is 0 Å². The molecule has 2 atom stereocenters. The van der Waals surface area contributed by atoms with E-state index >= 15 is 0 Å². The molecule has 1 heterocycles. The van der Waals surface area contributed by atoms with E-state index in [2.05, 4.69) is 45.3 Å². The molecule has 0 aromatic heterocycles. The van der Waals surface area contributed by atoms with Crippen molar-refractivity contribution in [1.82, 2.24) is 15.5 Å². The molecule has 1 aromatic rings. The molecule has 150 valence electrons. The average Bonchev–Trinajstić information content (AvgIpc) is 3.12. The SMILES string of the molecule is CSCCC(NC(=O)c1ccccc1Br)C(=O)NCC1CCN(C(C)C)C1. The fourth-order valence-corrected chi connectivity index (χ4v) is 4.19. The van der Waals surface area contributed by atoms with Gasteiger partial charge in [-0.1, -0.05) is 12.1 Å². The van der Waals surface area contributed by atoms with Crippen molar-refractivity contribution >= 4 is 39.5 Å². The van der Waals surface area contributed by atoms with Crippen LogP contribution < -0.4 is 10.6 Å². The zero-order valence-corrected chi connectivity index (χ0v) is 18.7. The summed E-state index contributed by atoms with van der Waals surface area (Å²) in [6, 6.07) is 7.29. The number of hydrogen-bond acceptors (Lipinski definition) is 4. The summed E-state index contributed by atoms with van der Waals surface area (Å²) in [4.78, 5) is 27.7. The third kappa shape index (κ3) is 6.80. The average molecular weight is 456 g/mol. The number of thioether (sulfide) groups is 1. The van der Waals surface area contributed by atoms with Crippen LogP contribution in [0.25, 0.3) is 0 Å². The topological polar surface area (TPSA) is 61.4 Å². The molecule has 2 N–H and O–H groups in total. The molecular weight excluding hydrogens is 426 g/mol. The van der Waals surface area contributed by atoms with Crippen LogP contribution in [0.5, 0.6) is 0 Å². The summed E-state index contributed by atoms with van der Waals surface area (Å²) in [6.45, 7) is 7.19. The van der Waals surface area contributed by atoms with Crippen molar-refractivity contribution in [1.29, 1.82) is 0 Å². The number of carbonyl (C=O) groups excluding carboxylic acids is 2. The van der Waals surface area contributed by atoms with E-state index < -0.39 is 6.04 Å². The van der Waals surface area contributed by atoms with Crippen molar-refractivity contribution in [2.24, 2.45) is 5.92 Å². The number of rotatable bonds is 9. The molecule has 2 rings (SSSR count). The molecule has 1 aliphatic heterocycles. The number of likely N-dealkylation sites (tertiary alicyclic amines) is 1. The van der Waals surface area contributed by atoms with Crippen LogP contribution in [0.3, 0.4) is 0 Å². The molecule has 0 bridgehead atoms. The van der Waals surface area contributed by atoms with Crippen LogP contribution in [0.4, 0.5) is 0 Å². The third-order valence-corrected chi connectivity index (χ3v) is 6.30. The molecule has 0 aliphatic carbocycles. The van der Waals surface area contributed by atoms with Crippen molar-refractivity contribution in [2.75, 3.05) is 31.6 Å². The first kappa shape index (κ1) is 22.2. The summed E-state index contributed by atoms with van der Waals surface area (Å²) in [7, 11) is 0. The highest BCUT2D eigenvalue weighted by Gasteiger charge is 2.26. The molecule has 1 saturated heterocycles. The number of hydrogen-bond donors (Lipinski definition) is 2. The molecule has 0 saturated carbocycles. The van der Waals surface area contributed by atoms with Crippen molar-refractivity contribution in [3.63, 3.8) is 0 Å². The minimum absolute atomic E-state index is 0.0903. The maximum absolute atomic E-state index is 12.7. The largest absolute Gasteiger partial charge is 0.354 e. The normalized spacial score (nSPS) is 18.5. The maximum atomic E-state index is 12.7. The number of carbonyl (C=O) groups is 2. The van der Waals surface area contributed by atoms with Crippen molar-refractivity contribution in [2.45, 2.75) is 38.8 Å². The molecule has 27 heavy (non-hydrogen) atoms. The van der Waals surface area contributed by atoms with Gasteiger partial charge in [-0.3, -0.25) is 9.59 Å². The Kier molecular flexibility index (Phi) is 9.12. The highest BCUT2D eigenvalue weighted by atomic mass is 79.9. The number of amides is 2. The zero-order chi connectivity index (χ0) is 19.8. The van der Waals surface area contributed by atoms with Crippen LogP contribution in [-0.2, 0) is 4.79 Å². The Hall–Kier alpha value is -1.05. The Bertz CT molecular complexity index is 641. The van der Waals surface area contributed by atoms with Gasteiger partial charge in [0.05, 0.1) is 5.56 Å². The summed E-state index contributed by atoms with van der Waals surface area (Å²) in [5.74, 6) is 0.985. The van der Waals surface area contributed by atoms with E-state index in [-0.39, 0.29) is 11.8 Å². The number of nitrogens with one attached hydrogen (secondary N) is 2. The van der Waals surface area contributed by atoms with Gasteiger partial charge < -0.3 is 15.5 Å². The van der Waals surface area contributed by atoms with Crippen LogP contribution in [0, 0.1) is 5.92 Å². The molecular formula is C20H30BrN3O2S. The van der Waals surface area contributed by atoms with Gasteiger partial charge in [0.15, 0.2) is 0 Å². The second-order valence-electron chi connectivity index (χ2n) is 7.28. The second kappa shape index (κ2) is 11.1. The van der Waals surface area contributed by atoms with Crippen molar-refractivity contribution < 1.29 is 9.59 Å². The Balaban J connectivity index is 1.91. The van der Waals surface area contributed by atoms with Gasteiger partial charge in [-0.2, -0.15) is 11.8 Å².